The van der Waals surface area contributed by atoms with Crippen LogP contribution in [0.1, 0.15) is 41.6 Å². The van der Waals surface area contributed by atoms with Crippen molar-refractivity contribution < 1.29 is 0 Å². The summed E-state index contributed by atoms with van der Waals surface area (Å²) in [6, 6.07) is 4.57. The Hall–Kier alpha value is -0.860. The molecule has 1 rings (SSSR count). The van der Waals surface area contributed by atoms with Crippen LogP contribution < -0.4 is 5.73 Å². The summed E-state index contributed by atoms with van der Waals surface area (Å²) in [6.07, 6.45) is 1.18. The van der Waals surface area contributed by atoms with Crippen LogP contribution in [0, 0.1) is 20.8 Å². The van der Waals surface area contributed by atoms with Crippen molar-refractivity contribution in [2.24, 2.45) is 5.73 Å². The van der Waals surface area contributed by atoms with Crippen molar-refractivity contribution in [2.45, 2.75) is 40.2 Å². The van der Waals surface area contributed by atoms with E-state index >= 15 is 0 Å². The second-order valence-electron chi connectivity index (χ2n) is 5.18. The molecule has 0 heterocycles. The molecule has 0 saturated carbocycles. The number of benzene rings is 1. The standard InChI is InChI=1S/C15H26N2/c1-6-7-17(5)10-14(16)15-12(3)8-11(2)9-13(15)4/h8-9,14H,6-7,10,16H2,1-5H3. The van der Waals surface area contributed by atoms with Gasteiger partial charge < -0.3 is 10.6 Å². The number of likely N-dealkylation sites (N-methyl/N-ethyl adjacent to an activating group) is 1. The lowest BCUT2D eigenvalue weighted by atomic mass is 9.94. The minimum absolute atomic E-state index is 0.118. The van der Waals surface area contributed by atoms with E-state index in [1.54, 1.807) is 0 Å². The van der Waals surface area contributed by atoms with Crippen LogP contribution in [0.25, 0.3) is 0 Å². The minimum Gasteiger partial charge on any atom is -0.323 e. The summed E-state index contributed by atoms with van der Waals surface area (Å²) < 4.78 is 0. The summed E-state index contributed by atoms with van der Waals surface area (Å²) in [4.78, 5) is 2.31. The van der Waals surface area contributed by atoms with Crippen molar-refractivity contribution in [3.63, 3.8) is 0 Å². The Labute approximate surface area is 106 Å². The zero-order chi connectivity index (χ0) is 13.0. The first kappa shape index (κ1) is 14.2. The molecule has 0 aliphatic rings. The molecule has 17 heavy (non-hydrogen) atoms. The highest BCUT2D eigenvalue weighted by molar-refractivity contribution is 5.39. The van der Waals surface area contributed by atoms with Crippen LogP contribution in [0.2, 0.25) is 0 Å². The second-order valence-corrected chi connectivity index (χ2v) is 5.18. The molecular formula is C15H26N2. The lowest BCUT2D eigenvalue weighted by molar-refractivity contribution is 0.312. The molecule has 0 fully saturated rings. The Bertz CT molecular complexity index is 348. The molecule has 1 unspecified atom stereocenters. The third-order valence-corrected chi connectivity index (χ3v) is 3.22. The number of aryl methyl sites for hydroxylation is 3. The molecule has 0 aliphatic carbocycles. The summed E-state index contributed by atoms with van der Waals surface area (Å²) in [5, 5.41) is 0. The largest absolute Gasteiger partial charge is 0.323 e. The average Bonchev–Trinajstić information content (AvgIpc) is 2.15. The molecular weight excluding hydrogens is 208 g/mol. The van der Waals surface area contributed by atoms with Crippen molar-refractivity contribution >= 4 is 0 Å². The predicted molar refractivity (Wildman–Crippen MR) is 75.4 cm³/mol. The van der Waals surface area contributed by atoms with Gasteiger partial charge in [-0.15, -0.1) is 0 Å². The van der Waals surface area contributed by atoms with Crippen LogP contribution >= 0.6 is 0 Å². The van der Waals surface area contributed by atoms with Gasteiger partial charge in [0.05, 0.1) is 0 Å². The summed E-state index contributed by atoms with van der Waals surface area (Å²) in [7, 11) is 2.14. The molecule has 2 N–H and O–H groups in total. The van der Waals surface area contributed by atoms with Crippen molar-refractivity contribution in [1.29, 1.82) is 0 Å². The number of hydrogen-bond acceptors (Lipinski definition) is 2. The van der Waals surface area contributed by atoms with E-state index in [0.717, 1.165) is 13.1 Å². The topological polar surface area (TPSA) is 29.3 Å². The molecule has 0 aromatic heterocycles. The van der Waals surface area contributed by atoms with Gasteiger partial charge in [-0.05, 0) is 57.5 Å². The molecule has 0 aliphatic heterocycles. The molecule has 1 atom stereocenters. The summed E-state index contributed by atoms with van der Waals surface area (Å²) >= 11 is 0. The van der Waals surface area contributed by atoms with E-state index in [9.17, 15) is 0 Å². The highest BCUT2D eigenvalue weighted by Gasteiger charge is 2.14. The first-order chi connectivity index (χ1) is 7.95. The molecule has 2 nitrogen and oxygen atoms in total. The Morgan fingerprint density at radius 2 is 1.71 bits per heavy atom. The van der Waals surface area contributed by atoms with Crippen molar-refractivity contribution in [3.8, 4) is 0 Å². The lowest BCUT2D eigenvalue weighted by Crippen LogP contribution is -2.30. The van der Waals surface area contributed by atoms with E-state index in [1.807, 2.05) is 0 Å². The van der Waals surface area contributed by atoms with Crippen LogP contribution in [-0.2, 0) is 0 Å². The highest BCUT2D eigenvalue weighted by Crippen LogP contribution is 2.22. The summed E-state index contributed by atoms with van der Waals surface area (Å²) in [6.45, 7) is 10.7. The summed E-state index contributed by atoms with van der Waals surface area (Å²) in [5.74, 6) is 0. The fourth-order valence-electron chi connectivity index (χ4n) is 2.68. The Morgan fingerprint density at radius 1 is 1.18 bits per heavy atom. The van der Waals surface area contributed by atoms with Gasteiger partial charge in [0.15, 0.2) is 0 Å². The first-order valence-electron chi connectivity index (χ1n) is 6.47. The van der Waals surface area contributed by atoms with Gasteiger partial charge in [0.25, 0.3) is 0 Å². The number of nitrogens with two attached hydrogens (primary N) is 1. The van der Waals surface area contributed by atoms with Gasteiger partial charge in [-0.25, -0.2) is 0 Å². The maximum absolute atomic E-state index is 6.34. The molecule has 0 radical (unpaired) electrons. The first-order valence-corrected chi connectivity index (χ1v) is 6.47. The molecule has 96 valence electrons. The normalized spacial score (nSPS) is 13.1. The van der Waals surface area contributed by atoms with E-state index in [4.69, 9.17) is 5.73 Å². The molecule has 2 heteroatoms. The summed E-state index contributed by atoms with van der Waals surface area (Å²) in [5.41, 5.74) is 11.6. The third-order valence-electron chi connectivity index (χ3n) is 3.22. The third kappa shape index (κ3) is 3.83. The molecule has 0 bridgehead atoms. The average molecular weight is 234 g/mol. The van der Waals surface area contributed by atoms with Crippen LogP contribution in [0.3, 0.4) is 0 Å². The van der Waals surface area contributed by atoms with Gasteiger partial charge in [0.1, 0.15) is 0 Å². The van der Waals surface area contributed by atoms with Gasteiger partial charge in [0, 0.05) is 12.6 Å². The minimum atomic E-state index is 0.118. The fourth-order valence-corrected chi connectivity index (χ4v) is 2.68. The monoisotopic (exact) mass is 234 g/mol. The molecule has 1 aromatic rings. The lowest BCUT2D eigenvalue weighted by Gasteiger charge is -2.24. The van der Waals surface area contributed by atoms with Crippen molar-refractivity contribution in [2.75, 3.05) is 20.1 Å². The van der Waals surface area contributed by atoms with E-state index in [2.05, 4.69) is 51.8 Å². The Morgan fingerprint density at radius 3 is 2.18 bits per heavy atom. The maximum Gasteiger partial charge on any atom is 0.0429 e. The zero-order valence-corrected chi connectivity index (χ0v) is 11.9. The fraction of sp³-hybridized carbons (Fsp3) is 0.600. The van der Waals surface area contributed by atoms with Gasteiger partial charge in [-0.3, -0.25) is 0 Å². The molecule has 0 saturated heterocycles. The van der Waals surface area contributed by atoms with Crippen LogP contribution in [-0.4, -0.2) is 25.0 Å². The second kappa shape index (κ2) is 6.18. The van der Waals surface area contributed by atoms with Gasteiger partial charge >= 0.3 is 0 Å². The van der Waals surface area contributed by atoms with Crippen LogP contribution in [0.5, 0.6) is 0 Å². The molecule has 0 spiro atoms. The van der Waals surface area contributed by atoms with E-state index < -0.39 is 0 Å². The van der Waals surface area contributed by atoms with Crippen molar-refractivity contribution in [1.82, 2.24) is 4.90 Å². The van der Waals surface area contributed by atoms with E-state index in [-0.39, 0.29) is 6.04 Å². The molecule has 1 aromatic carbocycles. The van der Waals surface area contributed by atoms with Crippen LogP contribution in [0.15, 0.2) is 12.1 Å². The van der Waals surface area contributed by atoms with E-state index in [0.29, 0.717) is 0 Å². The maximum atomic E-state index is 6.34. The number of nitrogens with zero attached hydrogens (tertiary/aromatic N) is 1. The number of rotatable bonds is 5. The predicted octanol–water partition coefficient (Wildman–Crippen LogP) is 2.95. The quantitative estimate of drug-likeness (QED) is 0.848. The van der Waals surface area contributed by atoms with Crippen molar-refractivity contribution in [3.05, 3.63) is 34.4 Å². The molecule has 0 amide bonds. The van der Waals surface area contributed by atoms with Crippen LogP contribution in [0.4, 0.5) is 0 Å². The smallest absolute Gasteiger partial charge is 0.0429 e. The van der Waals surface area contributed by atoms with Gasteiger partial charge in [-0.2, -0.15) is 0 Å². The SMILES string of the molecule is CCCN(C)CC(N)c1c(C)cc(C)cc1C. The highest BCUT2D eigenvalue weighted by atomic mass is 15.1. The zero-order valence-electron chi connectivity index (χ0n) is 11.9. The van der Waals surface area contributed by atoms with Gasteiger partial charge in [-0.1, -0.05) is 24.6 Å². The Kier molecular flexibility index (Phi) is 5.16. The number of hydrogen-bond donors (Lipinski definition) is 1. The Balaban J connectivity index is 2.85. The van der Waals surface area contributed by atoms with E-state index in [1.165, 1.54) is 28.7 Å². The van der Waals surface area contributed by atoms with Gasteiger partial charge in [0.2, 0.25) is 0 Å².